The first-order valence-electron chi connectivity index (χ1n) is 3.87. The predicted molar refractivity (Wildman–Crippen MR) is 30.3 cm³/mol. The molecule has 0 N–H and O–H groups in total. The van der Waals surface area contributed by atoms with Crippen LogP contribution in [-0.2, 0) is 0 Å². The fourth-order valence-electron chi connectivity index (χ4n) is 4.47. The second-order valence-corrected chi connectivity index (χ2v) is 4.53. The van der Waals surface area contributed by atoms with Crippen LogP contribution in [-0.4, -0.2) is 0 Å². The Bertz CT molecular complexity index is 164. The molecule has 6 rings (SSSR count). The van der Waals surface area contributed by atoms with Crippen LogP contribution in [0.4, 0.5) is 0 Å². The third-order valence-electron chi connectivity index (χ3n) is 4.85. The molecule has 8 heavy (non-hydrogen) atoms. The van der Waals surface area contributed by atoms with Gasteiger partial charge in [0.25, 0.3) is 0 Å². The van der Waals surface area contributed by atoms with E-state index in [9.17, 15) is 0 Å². The molecule has 6 fully saturated rings. The molecule has 0 aromatic rings. The first-order chi connectivity index (χ1) is 3.87. The van der Waals surface area contributed by atoms with Crippen molar-refractivity contribution < 1.29 is 0 Å². The van der Waals surface area contributed by atoms with E-state index in [1.165, 1.54) is 11.8 Å². The van der Waals surface area contributed by atoms with Crippen molar-refractivity contribution in [3.63, 3.8) is 0 Å². The summed E-state index contributed by atoms with van der Waals surface area (Å²) in [4.78, 5) is 0. The van der Waals surface area contributed by atoms with Gasteiger partial charge in [-0.3, -0.25) is 0 Å². The number of hydrogen-bond acceptors (Lipinski definition) is 0. The maximum Gasteiger partial charge on any atom is -0.0201 e. The molecule has 2 spiro atoms. The maximum atomic E-state index is 1.66. The van der Waals surface area contributed by atoms with Gasteiger partial charge in [-0.15, -0.1) is 0 Å². The topological polar surface area (TPSA) is 0 Å². The zero-order valence-corrected chi connectivity index (χ0v) is 4.98. The minimum Gasteiger partial charge on any atom is -0.0464 e. The Kier molecular flexibility index (Phi) is 0.211. The fraction of sp³-hybridized carbons (Fsp3) is 1.00. The maximum absolute atomic E-state index is 1.66. The molecule has 0 aromatic heterocycles. The van der Waals surface area contributed by atoms with Crippen LogP contribution in [0.2, 0.25) is 0 Å². The molecule has 6 aliphatic rings. The lowest BCUT2D eigenvalue weighted by Gasteiger charge is -2.44. The van der Waals surface area contributed by atoms with Crippen LogP contribution in [0.25, 0.3) is 0 Å². The minimum atomic E-state index is 1.04. The second kappa shape index (κ2) is 0.521. The normalized spacial score (nSPS) is 87.0. The van der Waals surface area contributed by atoms with E-state index in [-0.39, 0.29) is 0 Å². The van der Waals surface area contributed by atoms with Gasteiger partial charge in [-0.2, -0.15) is 0 Å². The molecule has 0 aromatic carbocycles. The second-order valence-electron chi connectivity index (χ2n) is 4.53. The van der Waals surface area contributed by atoms with E-state index >= 15 is 0 Å². The van der Waals surface area contributed by atoms with Crippen molar-refractivity contribution in [3.05, 3.63) is 0 Å². The van der Waals surface area contributed by atoms with Gasteiger partial charge < -0.3 is 0 Å². The van der Waals surface area contributed by atoms with Crippen molar-refractivity contribution in [2.45, 2.75) is 25.7 Å². The van der Waals surface area contributed by atoms with Crippen molar-refractivity contribution >= 4 is 0 Å². The van der Waals surface area contributed by atoms with Crippen molar-refractivity contribution in [3.8, 4) is 0 Å². The molecule has 0 nitrogen and oxygen atoms in total. The summed E-state index contributed by atoms with van der Waals surface area (Å²) in [6, 6.07) is 0. The van der Waals surface area contributed by atoms with Crippen LogP contribution < -0.4 is 0 Å². The minimum absolute atomic E-state index is 1.04. The summed E-state index contributed by atoms with van der Waals surface area (Å²) in [7, 11) is 0. The first-order valence-corrected chi connectivity index (χ1v) is 3.87. The largest absolute Gasteiger partial charge is 0.0464 e. The van der Waals surface area contributed by atoms with Crippen LogP contribution in [0.15, 0.2) is 0 Å². The number of rotatable bonds is 0. The molecule has 42 valence electrons. The van der Waals surface area contributed by atoms with E-state index in [0.29, 0.717) is 0 Å². The Labute approximate surface area is 49.3 Å². The number of hydrogen-bond donors (Lipinski definition) is 0. The van der Waals surface area contributed by atoms with E-state index in [2.05, 4.69) is 0 Å². The smallest absolute Gasteiger partial charge is 0.0201 e. The first kappa shape index (κ1) is 3.24. The molecule has 0 saturated heterocycles. The van der Waals surface area contributed by atoms with Gasteiger partial charge in [-0.25, -0.2) is 0 Å². The lowest BCUT2D eigenvalue weighted by Crippen LogP contribution is -2.38. The highest BCUT2D eigenvalue weighted by atomic mass is 15.0. The monoisotopic (exact) mass is 106 g/mol. The molecule has 0 radical (unpaired) electrons. The van der Waals surface area contributed by atoms with Gasteiger partial charge >= 0.3 is 0 Å². The zero-order valence-electron chi connectivity index (χ0n) is 4.98. The quantitative estimate of drug-likeness (QED) is 0.441. The van der Waals surface area contributed by atoms with Gasteiger partial charge in [-0.05, 0) is 48.3 Å². The molecule has 0 heterocycles. The highest BCUT2D eigenvalue weighted by molar-refractivity contribution is 5.41. The Hall–Kier alpha value is 0. The van der Waals surface area contributed by atoms with Gasteiger partial charge in [0.1, 0.15) is 0 Å². The lowest BCUT2D eigenvalue weighted by atomic mass is 9.60. The average Bonchev–Trinajstić information content (AvgIpc) is 2.16. The molecule has 0 heteroatoms. The molecule has 0 amide bonds. The van der Waals surface area contributed by atoms with Gasteiger partial charge in [0.15, 0.2) is 0 Å². The third kappa shape index (κ3) is 0.0986. The Morgan fingerprint density at radius 3 is 1.75 bits per heavy atom. The van der Waals surface area contributed by atoms with Crippen LogP contribution in [0, 0.1) is 22.7 Å². The lowest BCUT2D eigenvalue weighted by molar-refractivity contribution is 0.0374. The molecular formula is C8H10. The Morgan fingerprint density at radius 1 is 1.00 bits per heavy atom. The average molecular weight is 106 g/mol. The SMILES string of the molecule is C1C2CC34CC23CC14. The summed E-state index contributed by atoms with van der Waals surface area (Å²) in [6.07, 6.45) is 6.60. The van der Waals surface area contributed by atoms with Gasteiger partial charge in [0.05, 0.1) is 0 Å². The van der Waals surface area contributed by atoms with Gasteiger partial charge in [0, 0.05) is 0 Å². The highest BCUT2D eigenvalue weighted by Gasteiger charge is 2.92. The molecule has 4 unspecified atom stereocenters. The highest BCUT2D eigenvalue weighted by Crippen LogP contribution is 3.00. The van der Waals surface area contributed by atoms with E-state index in [1.807, 2.05) is 0 Å². The Morgan fingerprint density at radius 2 is 1.62 bits per heavy atom. The van der Waals surface area contributed by atoms with Crippen molar-refractivity contribution in [2.24, 2.45) is 22.7 Å². The summed E-state index contributed by atoms with van der Waals surface area (Å²) < 4.78 is 0. The molecule has 4 bridgehead atoms. The summed E-state index contributed by atoms with van der Waals surface area (Å²) >= 11 is 0. The van der Waals surface area contributed by atoms with E-state index in [1.54, 1.807) is 25.7 Å². The van der Waals surface area contributed by atoms with Crippen molar-refractivity contribution in [2.75, 3.05) is 0 Å². The summed E-state index contributed by atoms with van der Waals surface area (Å²) in [6.45, 7) is 0. The van der Waals surface area contributed by atoms with Crippen molar-refractivity contribution in [1.82, 2.24) is 0 Å². The summed E-state index contributed by atoms with van der Waals surface area (Å²) in [5.41, 5.74) is 2.08. The van der Waals surface area contributed by atoms with Crippen molar-refractivity contribution in [1.29, 1.82) is 0 Å². The van der Waals surface area contributed by atoms with Crippen LogP contribution in [0.3, 0.4) is 0 Å². The predicted octanol–water partition coefficient (Wildman–Crippen LogP) is 1.81. The van der Waals surface area contributed by atoms with Crippen LogP contribution in [0.5, 0.6) is 0 Å². The van der Waals surface area contributed by atoms with E-state index < -0.39 is 0 Å². The molecule has 4 atom stereocenters. The van der Waals surface area contributed by atoms with Crippen LogP contribution in [0.1, 0.15) is 25.7 Å². The van der Waals surface area contributed by atoms with E-state index in [0.717, 1.165) is 10.8 Å². The molecule has 6 saturated carbocycles. The standard InChI is InChI=1S/C8H10/c1-5-2-7-4-8(5,7)3-6(1)7/h5-6H,1-4H2. The van der Waals surface area contributed by atoms with Gasteiger partial charge in [-0.1, -0.05) is 0 Å². The zero-order chi connectivity index (χ0) is 4.98. The van der Waals surface area contributed by atoms with Crippen LogP contribution >= 0.6 is 0 Å². The fourth-order valence-corrected chi connectivity index (χ4v) is 4.47. The molecular weight excluding hydrogens is 96.1 g/mol. The molecule has 0 aliphatic heterocycles. The Balaban J connectivity index is 2.15. The van der Waals surface area contributed by atoms with E-state index in [4.69, 9.17) is 0 Å². The summed E-state index contributed by atoms with van der Waals surface area (Å²) in [5.74, 6) is 2.49. The summed E-state index contributed by atoms with van der Waals surface area (Å²) in [5, 5.41) is 0. The third-order valence-corrected chi connectivity index (χ3v) is 4.85. The van der Waals surface area contributed by atoms with Gasteiger partial charge in [0.2, 0.25) is 0 Å². The molecule has 6 aliphatic carbocycles.